The van der Waals surface area contributed by atoms with E-state index in [0.29, 0.717) is 0 Å². The van der Waals surface area contributed by atoms with Crippen molar-refractivity contribution in [3.05, 3.63) is 137 Å². The van der Waals surface area contributed by atoms with Crippen molar-refractivity contribution in [2.45, 2.75) is 64.8 Å². The molecule has 0 bridgehead atoms. The van der Waals surface area contributed by atoms with E-state index in [1.807, 2.05) is 0 Å². The summed E-state index contributed by atoms with van der Waals surface area (Å²) in [5, 5.41) is 6.19. The van der Waals surface area contributed by atoms with E-state index in [1.54, 1.807) is 21.4 Å². The number of fused-ring (bicyclic) bond motifs is 7. The van der Waals surface area contributed by atoms with E-state index in [-0.39, 0.29) is 12.1 Å². The number of hydrogen-bond acceptors (Lipinski definition) is 1. The zero-order chi connectivity index (χ0) is 34.4. The lowest BCUT2D eigenvalue weighted by atomic mass is 9.31. The molecule has 0 radical (unpaired) electrons. The molecule has 5 aromatic carbocycles. The number of aromatic nitrogens is 1. The van der Waals surface area contributed by atoms with Crippen molar-refractivity contribution in [2.75, 3.05) is 19.0 Å². The molecular formula is C46H47BN2Si. The van der Waals surface area contributed by atoms with Gasteiger partial charge in [0.1, 0.15) is 8.07 Å². The number of rotatable bonds is 5. The van der Waals surface area contributed by atoms with Crippen LogP contribution in [0.3, 0.4) is 0 Å². The molecule has 0 fully saturated rings. The van der Waals surface area contributed by atoms with Gasteiger partial charge in [-0.05, 0) is 95.5 Å². The third-order valence-corrected chi connectivity index (χ3v) is 17.7. The molecule has 4 heteroatoms. The summed E-state index contributed by atoms with van der Waals surface area (Å²) >= 11 is 0. The Morgan fingerprint density at radius 1 is 0.820 bits per heavy atom. The van der Waals surface area contributed by atoms with E-state index in [0.717, 1.165) is 12.5 Å². The van der Waals surface area contributed by atoms with Crippen LogP contribution in [-0.2, 0) is 18.3 Å². The lowest BCUT2D eigenvalue weighted by Crippen LogP contribution is -2.84. The number of benzene rings is 5. The SMILES string of the molecule is C/C=C/c1cc2c3c(c1)[Si](CC)(c1ccccc1)c1c(cccc1-n1c4c(c5ccccc51)CCCC4)B3c1ccc(N(C)C)cc1C2(C)C. The molecular weight excluding hydrogens is 619 g/mol. The lowest BCUT2D eigenvalue weighted by Gasteiger charge is -2.49. The summed E-state index contributed by atoms with van der Waals surface area (Å²) in [6, 6.07) is 41.8. The second-order valence-corrected chi connectivity index (χ2v) is 19.7. The molecule has 1 atom stereocenters. The third-order valence-electron chi connectivity index (χ3n) is 12.5. The summed E-state index contributed by atoms with van der Waals surface area (Å²) in [5.41, 5.74) is 15.9. The first-order chi connectivity index (χ1) is 24.3. The van der Waals surface area contributed by atoms with Crippen LogP contribution in [0.15, 0.2) is 109 Å². The summed E-state index contributed by atoms with van der Waals surface area (Å²) < 4.78 is 2.73. The van der Waals surface area contributed by atoms with E-state index < -0.39 is 8.07 Å². The number of nitrogens with zero attached hydrogens (tertiary/aromatic N) is 2. The van der Waals surface area contributed by atoms with Gasteiger partial charge in [-0.15, -0.1) is 0 Å². The van der Waals surface area contributed by atoms with Gasteiger partial charge < -0.3 is 9.47 Å². The average molecular weight is 667 g/mol. The molecule has 9 rings (SSSR count). The van der Waals surface area contributed by atoms with E-state index in [4.69, 9.17) is 0 Å². The van der Waals surface area contributed by atoms with Crippen molar-refractivity contribution in [3.63, 3.8) is 0 Å². The van der Waals surface area contributed by atoms with Gasteiger partial charge in [-0.2, -0.15) is 0 Å². The van der Waals surface area contributed by atoms with Crippen molar-refractivity contribution in [1.82, 2.24) is 4.57 Å². The van der Waals surface area contributed by atoms with Gasteiger partial charge >= 0.3 is 0 Å². The van der Waals surface area contributed by atoms with Crippen molar-refractivity contribution in [3.8, 4) is 5.69 Å². The molecule has 1 unspecified atom stereocenters. The Hall–Kier alpha value is -4.54. The number of anilines is 1. The van der Waals surface area contributed by atoms with Crippen LogP contribution in [0, 0.1) is 0 Å². The molecule has 1 aromatic heterocycles. The third kappa shape index (κ3) is 4.21. The fourth-order valence-electron chi connectivity index (χ4n) is 10.3. The maximum Gasteiger partial charge on any atom is 0.241 e. The molecule has 3 aliphatic rings. The molecule has 1 aliphatic carbocycles. The number of aryl methyl sites for hydroxylation is 1. The number of allylic oxidation sites excluding steroid dienone is 1. The van der Waals surface area contributed by atoms with Gasteiger partial charge in [-0.3, -0.25) is 0 Å². The first-order valence-electron chi connectivity index (χ1n) is 18.7. The molecule has 0 amide bonds. The number of hydrogen-bond donors (Lipinski definition) is 0. The van der Waals surface area contributed by atoms with Gasteiger partial charge in [-0.25, -0.2) is 0 Å². The Kier molecular flexibility index (Phi) is 7.23. The maximum atomic E-state index is 2.73. The Morgan fingerprint density at radius 3 is 2.38 bits per heavy atom. The predicted molar refractivity (Wildman–Crippen MR) is 220 cm³/mol. The van der Waals surface area contributed by atoms with Crippen LogP contribution in [0.5, 0.6) is 0 Å². The molecule has 50 heavy (non-hydrogen) atoms. The monoisotopic (exact) mass is 666 g/mol. The van der Waals surface area contributed by atoms with Crippen LogP contribution in [0.4, 0.5) is 5.69 Å². The van der Waals surface area contributed by atoms with Crippen LogP contribution in [0.25, 0.3) is 22.7 Å². The van der Waals surface area contributed by atoms with Gasteiger partial charge in [0.15, 0.2) is 0 Å². The quantitative estimate of drug-likeness (QED) is 0.189. The van der Waals surface area contributed by atoms with E-state index in [1.165, 1.54) is 80.0 Å². The predicted octanol–water partition coefficient (Wildman–Crippen LogP) is 6.57. The zero-order valence-corrected chi connectivity index (χ0v) is 31.5. The fraction of sp³-hybridized carbons (Fsp3) is 0.261. The highest BCUT2D eigenvalue weighted by Crippen LogP contribution is 2.38. The summed E-state index contributed by atoms with van der Waals surface area (Å²) in [6.45, 7) is 9.77. The normalized spacial score (nSPS) is 18.5. The summed E-state index contributed by atoms with van der Waals surface area (Å²) in [6.07, 6.45) is 9.40. The molecule has 0 saturated carbocycles. The van der Waals surface area contributed by atoms with Gasteiger partial charge in [0.2, 0.25) is 6.71 Å². The van der Waals surface area contributed by atoms with Crippen LogP contribution in [0.1, 0.15) is 68.5 Å². The van der Waals surface area contributed by atoms with E-state index >= 15 is 0 Å². The average Bonchev–Trinajstić information content (AvgIpc) is 3.47. The molecule has 6 aromatic rings. The van der Waals surface area contributed by atoms with Gasteiger partial charge in [0.05, 0.1) is 5.52 Å². The highest BCUT2D eigenvalue weighted by molar-refractivity contribution is 7.21. The fourth-order valence-corrected chi connectivity index (χ4v) is 15.6. The van der Waals surface area contributed by atoms with Crippen molar-refractivity contribution >= 4 is 69.4 Å². The maximum absolute atomic E-state index is 2.73. The highest BCUT2D eigenvalue weighted by atomic mass is 28.3. The van der Waals surface area contributed by atoms with Crippen LogP contribution < -0.4 is 36.8 Å². The summed E-state index contributed by atoms with van der Waals surface area (Å²) in [7, 11) is 1.73. The molecule has 2 aliphatic heterocycles. The van der Waals surface area contributed by atoms with Crippen molar-refractivity contribution < 1.29 is 0 Å². The summed E-state index contributed by atoms with van der Waals surface area (Å²) in [5.74, 6) is 0. The van der Waals surface area contributed by atoms with E-state index in [2.05, 4.69) is 167 Å². The van der Waals surface area contributed by atoms with Crippen LogP contribution in [-0.4, -0.2) is 33.4 Å². The van der Waals surface area contributed by atoms with Gasteiger partial charge in [-0.1, -0.05) is 133 Å². The molecule has 0 spiro atoms. The zero-order valence-electron chi connectivity index (χ0n) is 30.5. The molecule has 0 saturated heterocycles. The molecule has 3 heterocycles. The second-order valence-electron chi connectivity index (χ2n) is 15.6. The minimum Gasteiger partial charge on any atom is -0.378 e. The van der Waals surface area contributed by atoms with E-state index in [9.17, 15) is 0 Å². The minimum atomic E-state index is -2.60. The summed E-state index contributed by atoms with van der Waals surface area (Å²) in [4.78, 5) is 2.26. The first kappa shape index (κ1) is 31.4. The Bertz CT molecular complexity index is 2350. The van der Waals surface area contributed by atoms with Crippen LogP contribution >= 0.6 is 0 Å². The first-order valence-corrected chi connectivity index (χ1v) is 21.0. The Balaban J connectivity index is 1.48. The van der Waals surface area contributed by atoms with Crippen molar-refractivity contribution in [1.29, 1.82) is 0 Å². The standard InChI is InChI=1S/C46H47BN2Si/c1-7-17-31-28-37-44-43(29-31)50(8-2,33-18-10-9-11-19-33)45-39(47(44)38-27-26-32(48(5)6)30-36(38)46(37,3)4)22-16-25-42(45)49-40-23-14-12-20-34(40)35-21-13-15-24-41(35)49/h7,9-12,14,16-20,22-23,25-30H,8,13,15,21,24H2,1-6H3/b17-7+. The van der Waals surface area contributed by atoms with Crippen LogP contribution in [0.2, 0.25) is 6.04 Å². The Labute approximate surface area is 299 Å². The topological polar surface area (TPSA) is 8.17 Å². The smallest absolute Gasteiger partial charge is 0.241 e. The molecule has 2 nitrogen and oxygen atoms in total. The largest absolute Gasteiger partial charge is 0.378 e. The second kappa shape index (κ2) is 11.5. The molecule has 0 N–H and O–H groups in total. The van der Waals surface area contributed by atoms with Crippen molar-refractivity contribution in [2.24, 2.45) is 0 Å². The van der Waals surface area contributed by atoms with Gasteiger partial charge in [0, 0.05) is 42.0 Å². The minimum absolute atomic E-state index is 0.144. The lowest BCUT2D eigenvalue weighted by molar-refractivity contribution is 0.646. The van der Waals surface area contributed by atoms with Gasteiger partial charge in [0.25, 0.3) is 0 Å². The number of para-hydroxylation sites is 1. The highest BCUT2D eigenvalue weighted by Gasteiger charge is 2.53. The Morgan fingerprint density at radius 2 is 1.60 bits per heavy atom. The molecule has 248 valence electrons.